The number of benzene rings is 1. The first kappa shape index (κ1) is 15.3. The van der Waals surface area contributed by atoms with Crippen LogP contribution in [0.15, 0.2) is 30.5 Å². The number of aryl methyl sites for hydroxylation is 3. The van der Waals surface area contributed by atoms with E-state index in [0.29, 0.717) is 6.04 Å². The second-order valence-corrected chi connectivity index (χ2v) is 7.49. The van der Waals surface area contributed by atoms with Crippen LogP contribution >= 0.6 is 11.3 Å². The zero-order valence-electron chi connectivity index (χ0n) is 13.9. The number of hydrogen-bond donors (Lipinski definition) is 0. The van der Waals surface area contributed by atoms with Gasteiger partial charge >= 0.3 is 0 Å². The van der Waals surface area contributed by atoms with E-state index in [9.17, 15) is 0 Å². The van der Waals surface area contributed by atoms with Gasteiger partial charge < -0.3 is 4.57 Å². The predicted molar refractivity (Wildman–Crippen MR) is 94.4 cm³/mol. The lowest BCUT2D eigenvalue weighted by Gasteiger charge is -2.24. The van der Waals surface area contributed by atoms with E-state index in [0.717, 1.165) is 11.6 Å². The molecule has 3 rings (SSSR count). The van der Waals surface area contributed by atoms with Gasteiger partial charge in [-0.15, -0.1) is 11.3 Å². The predicted octanol–water partition coefficient (Wildman–Crippen LogP) is 4.44. The van der Waals surface area contributed by atoms with Crippen molar-refractivity contribution in [2.24, 2.45) is 7.05 Å². The van der Waals surface area contributed by atoms with Crippen LogP contribution < -0.4 is 0 Å². The van der Waals surface area contributed by atoms with Crippen molar-refractivity contribution in [2.45, 2.75) is 33.4 Å². The van der Waals surface area contributed by atoms with Gasteiger partial charge in [0.05, 0.1) is 16.7 Å². The summed E-state index contributed by atoms with van der Waals surface area (Å²) in [6, 6.07) is 9.21. The highest BCUT2D eigenvalue weighted by Gasteiger charge is 2.17. The normalized spacial score (nSPS) is 13.2. The van der Waals surface area contributed by atoms with Crippen molar-refractivity contribution in [1.82, 2.24) is 14.5 Å². The zero-order valence-corrected chi connectivity index (χ0v) is 14.7. The number of rotatable bonds is 4. The Balaban J connectivity index is 1.81. The molecule has 4 heteroatoms. The summed E-state index contributed by atoms with van der Waals surface area (Å²) in [5.41, 5.74) is 3.84. The van der Waals surface area contributed by atoms with Gasteiger partial charge in [0.2, 0.25) is 0 Å². The first-order valence-corrected chi connectivity index (χ1v) is 8.45. The van der Waals surface area contributed by atoms with Crippen molar-refractivity contribution in [1.29, 1.82) is 0 Å². The third-order valence-corrected chi connectivity index (χ3v) is 5.28. The SMILES string of the molecule is Cc1nc(C(C)N(C)Cc2ccc3ccn(C)c3c2)c(C)s1. The molecular weight excluding hydrogens is 290 g/mol. The molecule has 0 spiro atoms. The van der Waals surface area contributed by atoms with E-state index in [1.807, 2.05) is 0 Å². The zero-order chi connectivity index (χ0) is 15.9. The van der Waals surface area contributed by atoms with Gasteiger partial charge in [-0.05, 0) is 50.9 Å². The summed E-state index contributed by atoms with van der Waals surface area (Å²) in [5, 5.41) is 2.45. The van der Waals surface area contributed by atoms with E-state index >= 15 is 0 Å². The summed E-state index contributed by atoms with van der Waals surface area (Å²) in [7, 11) is 4.27. The number of aromatic nitrogens is 2. The molecule has 1 unspecified atom stereocenters. The van der Waals surface area contributed by atoms with E-state index in [-0.39, 0.29) is 0 Å². The van der Waals surface area contributed by atoms with Crippen molar-refractivity contribution < 1.29 is 0 Å². The van der Waals surface area contributed by atoms with Crippen LogP contribution in [0.2, 0.25) is 0 Å². The van der Waals surface area contributed by atoms with E-state index in [4.69, 9.17) is 4.98 Å². The van der Waals surface area contributed by atoms with E-state index in [1.165, 1.54) is 27.0 Å². The molecule has 0 fully saturated rings. The Morgan fingerprint density at radius 3 is 2.73 bits per heavy atom. The topological polar surface area (TPSA) is 21.1 Å². The van der Waals surface area contributed by atoms with E-state index < -0.39 is 0 Å². The minimum atomic E-state index is 0.328. The van der Waals surface area contributed by atoms with Crippen LogP contribution in [0.3, 0.4) is 0 Å². The molecule has 1 atom stereocenters. The van der Waals surface area contributed by atoms with E-state index in [1.54, 1.807) is 11.3 Å². The Morgan fingerprint density at radius 2 is 2.05 bits per heavy atom. The van der Waals surface area contributed by atoms with Crippen LogP contribution in [0.5, 0.6) is 0 Å². The molecule has 3 aromatic rings. The average molecular weight is 313 g/mol. The average Bonchev–Trinajstić information content (AvgIpc) is 3.01. The molecule has 3 nitrogen and oxygen atoms in total. The molecule has 0 amide bonds. The lowest BCUT2D eigenvalue weighted by Crippen LogP contribution is -2.22. The molecule has 1 aromatic carbocycles. The summed E-state index contributed by atoms with van der Waals surface area (Å²) in [4.78, 5) is 8.40. The fourth-order valence-electron chi connectivity index (χ4n) is 2.97. The van der Waals surface area contributed by atoms with Gasteiger partial charge in [0.1, 0.15) is 0 Å². The third kappa shape index (κ3) is 2.81. The Kier molecular flexibility index (Phi) is 4.06. The maximum atomic E-state index is 4.70. The first-order valence-electron chi connectivity index (χ1n) is 7.64. The number of thiazole rings is 1. The fraction of sp³-hybridized carbons (Fsp3) is 0.389. The number of nitrogens with zero attached hydrogens (tertiary/aromatic N) is 3. The summed E-state index contributed by atoms with van der Waals surface area (Å²) in [6.45, 7) is 7.42. The molecule has 0 saturated carbocycles. The molecule has 0 aliphatic rings. The Bertz CT molecular complexity index is 800. The van der Waals surface area contributed by atoms with Crippen LogP contribution in [0.25, 0.3) is 10.9 Å². The molecule has 0 N–H and O–H groups in total. The van der Waals surface area contributed by atoms with Crippen LogP contribution in [-0.2, 0) is 13.6 Å². The first-order chi connectivity index (χ1) is 10.5. The van der Waals surface area contributed by atoms with Crippen LogP contribution in [0, 0.1) is 13.8 Å². The molecule has 0 aliphatic heterocycles. The van der Waals surface area contributed by atoms with Crippen LogP contribution in [-0.4, -0.2) is 21.5 Å². The maximum absolute atomic E-state index is 4.70. The van der Waals surface area contributed by atoms with Gasteiger partial charge in [-0.2, -0.15) is 0 Å². The second kappa shape index (κ2) is 5.86. The lowest BCUT2D eigenvalue weighted by molar-refractivity contribution is 0.248. The Morgan fingerprint density at radius 1 is 1.27 bits per heavy atom. The Hall–Kier alpha value is -1.65. The largest absolute Gasteiger partial charge is 0.351 e. The van der Waals surface area contributed by atoms with Crippen molar-refractivity contribution in [2.75, 3.05) is 7.05 Å². The minimum absolute atomic E-state index is 0.328. The Labute approximate surface area is 136 Å². The van der Waals surface area contributed by atoms with Crippen LogP contribution in [0.4, 0.5) is 0 Å². The van der Waals surface area contributed by atoms with Gasteiger partial charge in [0.15, 0.2) is 0 Å². The van der Waals surface area contributed by atoms with Crippen molar-refractivity contribution in [3.63, 3.8) is 0 Å². The molecule has 2 aromatic heterocycles. The van der Waals surface area contributed by atoms with E-state index in [2.05, 4.69) is 74.8 Å². The van der Waals surface area contributed by atoms with Crippen molar-refractivity contribution >= 4 is 22.2 Å². The van der Waals surface area contributed by atoms with Gasteiger partial charge in [0, 0.05) is 30.2 Å². The van der Waals surface area contributed by atoms with Gasteiger partial charge in [-0.3, -0.25) is 4.90 Å². The molecule has 0 aliphatic carbocycles. The molecule has 22 heavy (non-hydrogen) atoms. The monoisotopic (exact) mass is 313 g/mol. The molecule has 0 radical (unpaired) electrons. The third-order valence-electron chi connectivity index (χ3n) is 4.38. The molecule has 0 bridgehead atoms. The van der Waals surface area contributed by atoms with Crippen molar-refractivity contribution in [3.05, 3.63) is 51.6 Å². The summed E-state index contributed by atoms with van der Waals surface area (Å²) >= 11 is 1.79. The smallest absolute Gasteiger partial charge is 0.0900 e. The lowest BCUT2D eigenvalue weighted by atomic mass is 10.1. The fourth-order valence-corrected chi connectivity index (χ4v) is 3.88. The quantitative estimate of drug-likeness (QED) is 0.710. The molecule has 0 saturated heterocycles. The molecular formula is C18H23N3S. The van der Waals surface area contributed by atoms with Crippen LogP contribution in [0.1, 0.15) is 34.1 Å². The summed E-state index contributed by atoms with van der Waals surface area (Å²) in [6.07, 6.45) is 2.11. The number of hydrogen-bond acceptors (Lipinski definition) is 3. The summed E-state index contributed by atoms with van der Waals surface area (Å²) in [5.74, 6) is 0. The second-order valence-electron chi connectivity index (χ2n) is 6.09. The van der Waals surface area contributed by atoms with Gasteiger partial charge in [-0.1, -0.05) is 12.1 Å². The maximum Gasteiger partial charge on any atom is 0.0900 e. The highest BCUT2D eigenvalue weighted by molar-refractivity contribution is 7.11. The minimum Gasteiger partial charge on any atom is -0.351 e. The van der Waals surface area contributed by atoms with Gasteiger partial charge in [-0.25, -0.2) is 4.98 Å². The highest BCUT2D eigenvalue weighted by Crippen LogP contribution is 2.27. The standard InChI is InChI=1S/C18H23N3S/c1-12(18-13(2)22-14(3)19-18)21(5)11-15-6-7-16-8-9-20(4)17(16)10-15/h6-10,12H,11H2,1-5H3. The number of fused-ring (bicyclic) bond motifs is 1. The highest BCUT2D eigenvalue weighted by atomic mass is 32.1. The van der Waals surface area contributed by atoms with Crippen molar-refractivity contribution in [3.8, 4) is 0 Å². The molecule has 116 valence electrons. The summed E-state index contributed by atoms with van der Waals surface area (Å²) < 4.78 is 2.18. The van der Waals surface area contributed by atoms with Gasteiger partial charge in [0.25, 0.3) is 0 Å². The molecule has 2 heterocycles.